The number of halogens is 3. The molecule has 0 spiro atoms. The summed E-state index contributed by atoms with van der Waals surface area (Å²) in [5.74, 6) is -0.887. The number of nitrogens with zero attached hydrogens (tertiary/aromatic N) is 1. The van der Waals surface area contributed by atoms with Crippen molar-refractivity contribution in [3.05, 3.63) is 57.3 Å². The van der Waals surface area contributed by atoms with E-state index in [-0.39, 0.29) is 10.8 Å². The Morgan fingerprint density at radius 3 is 2.60 bits per heavy atom. The van der Waals surface area contributed by atoms with Crippen LogP contribution in [0.2, 0.25) is 5.02 Å². The van der Waals surface area contributed by atoms with E-state index in [1.54, 1.807) is 17.6 Å². The molecule has 6 heteroatoms. The maximum absolute atomic E-state index is 13.6. The van der Waals surface area contributed by atoms with Crippen LogP contribution >= 0.6 is 23.8 Å². The predicted molar refractivity (Wildman–Crippen MR) is 78.1 cm³/mol. The van der Waals surface area contributed by atoms with Crippen LogP contribution < -0.4 is 0 Å². The van der Waals surface area contributed by atoms with E-state index >= 15 is 0 Å². The number of imidazole rings is 1. The molecule has 0 saturated carbocycles. The van der Waals surface area contributed by atoms with Gasteiger partial charge in [-0.05, 0) is 49.0 Å². The second-order valence-electron chi connectivity index (χ2n) is 4.54. The second-order valence-corrected chi connectivity index (χ2v) is 5.33. The van der Waals surface area contributed by atoms with Crippen molar-refractivity contribution in [3.8, 4) is 5.69 Å². The quantitative estimate of drug-likeness (QED) is 0.632. The molecule has 0 aliphatic carbocycles. The first-order chi connectivity index (χ1) is 9.45. The highest BCUT2D eigenvalue weighted by molar-refractivity contribution is 7.71. The number of rotatable bonds is 1. The zero-order valence-electron chi connectivity index (χ0n) is 10.4. The lowest BCUT2D eigenvalue weighted by Crippen LogP contribution is -1.96. The Hall–Kier alpha value is -1.72. The molecule has 1 aromatic heterocycles. The summed E-state index contributed by atoms with van der Waals surface area (Å²) in [7, 11) is 0. The molecular weight excluding hydrogens is 302 g/mol. The fourth-order valence-electron chi connectivity index (χ4n) is 2.20. The monoisotopic (exact) mass is 310 g/mol. The van der Waals surface area contributed by atoms with Gasteiger partial charge >= 0.3 is 0 Å². The Morgan fingerprint density at radius 2 is 1.90 bits per heavy atom. The third-order valence-electron chi connectivity index (χ3n) is 3.01. The number of aromatic nitrogens is 2. The first kappa shape index (κ1) is 13.3. The van der Waals surface area contributed by atoms with E-state index in [2.05, 4.69) is 4.98 Å². The third kappa shape index (κ3) is 2.13. The van der Waals surface area contributed by atoms with Gasteiger partial charge in [0.15, 0.2) is 4.77 Å². The van der Waals surface area contributed by atoms with E-state index in [0.29, 0.717) is 21.5 Å². The average molecular weight is 311 g/mol. The van der Waals surface area contributed by atoms with Gasteiger partial charge in [-0.25, -0.2) is 8.78 Å². The van der Waals surface area contributed by atoms with Crippen LogP contribution in [0.15, 0.2) is 30.3 Å². The minimum atomic E-state index is -0.530. The number of aryl methyl sites for hydroxylation is 1. The molecule has 0 fully saturated rings. The topological polar surface area (TPSA) is 20.7 Å². The SMILES string of the molecule is Cc1cc(F)cc(-n2c(=S)[nH]c3cc(F)c(Cl)cc32)c1. The van der Waals surface area contributed by atoms with Crippen molar-refractivity contribution in [1.82, 2.24) is 9.55 Å². The molecule has 0 atom stereocenters. The van der Waals surface area contributed by atoms with Gasteiger partial charge in [-0.1, -0.05) is 11.6 Å². The van der Waals surface area contributed by atoms with E-state index in [1.165, 1.54) is 24.3 Å². The number of fused-ring (bicyclic) bond motifs is 1. The highest BCUT2D eigenvalue weighted by Crippen LogP contribution is 2.26. The molecule has 0 aliphatic heterocycles. The molecule has 1 heterocycles. The fourth-order valence-corrected chi connectivity index (χ4v) is 2.68. The Labute approximate surface area is 123 Å². The van der Waals surface area contributed by atoms with Crippen molar-refractivity contribution < 1.29 is 8.78 Å². The molecule has 1 N–H and O–H groups in total. The van der Waals surface area contributed by atoms with Crippen molar-refractivity contribution in [2.75, 3.05) is 0 Å². The molecule has 0 unspecified atom stereocenters. The smallest absolute Gasteiger partial charge is 0.182 e. The van der Waals surface area contributed by atoms with E-state index in [0.717, 1.165) is 5.56 Å². The molecule has 2 aromatic carbocycles. The van der Waals surface area contributed by atoms with E-state index in [9.17, 15) is 8.78 Å². The molecule has 3 rings (SSSR count). The van der Waals surface area contributed by atoms with Crippen LogP contribution in [0.5, 0.6) is 0 Å². The van der Waals surface area contributed by atoms with Gasteiger partial charge in [0.1, 0.15) is 11.6 Å². The second kappa shape index (κ2) is 4.68. The lowest BCUT2D eigenvalue weighted by molar-refractivity contribution is 0.625. The normalized spacial score (nSPS) is 11.2. The first-order valence-corrected chi connectivity index (χ1v) is 6.61. The highest BCUT2D eigenvalue weighted by Gasteiger charge is 2.11. The van der Waals surface area contributed by atoms with Crippen LogP contribution in [-0.4, -0.2) is 9.55 Å². The van der Waals surface area contributed by atoms with Crippen molar-refractivity contribution in [1.29, 1.82) is 0 Å². The molecule has 0 saturated heterocycles. The van der Waals surface area contributed by atoms with Gasteiger partial charge in [0, 0.05) is 6.07 Å². The van der Waals surface area contributed by atoms with E-state index in [1.807, 2.05) is 0 Å². The Balaban J connectivity index is 2.38. The molecule has 0 amide bonds. The van der Waals surface area contributed by atoms with Crippen molar-refractivity contribution in [2.24, 2.45) is 0 Å². The zero-order valence-corrected chi connectivity index (χ0v) is 11.9. The summed E-state index contributed by atoms with van der Waals surface area (Å²) >= 11 is 11.0. The van der Waals surface area contributed by atoms with Gasteiger partial charge < -0.3 is 4.98 Å². The van der Waals surface area contributed by atoms with Gasteiger partial charge in [0.05, 0.1) is 21.7 Å². The summed E-state index contributed by atoms with van der Waals surface area (Å²) in [6.07, 6.45) is 0. The number of nitrogens with one attached hydrogen (secondary N) is 1. The molecule has 102 valence electrons. The fraction of sp³-hybridized carbons (Fsp3) is 0.0714. The Morgan fingerprint density at radius 1 is 1.15 bits per heavy atom. The van der Waals surface area contributed by atoms with E-state index in [4.69, 9.17) is 23.8 Å². The molecule has 2 nitrogen and oxygen atoms in total. The average Bonchev–Trinajstić information content (AvgIpc) is 2.64. The Kier molecular flexibility index (Phi) is 3.11. The van der Waals surface area contributed by atoms with Crippen LogP contribution in [0.3, 0.4) is 0 Å². The number of hydrogen-bond acceptors (Lipinski definition) is 1. The van der Waals surface area contributed by atoms with Crippen LogP contribution in [-0.2, 0) is 0 Å². The summed E-state index contributed by atoms with van der Waals surface area (Å²) in [6, 6.07) is 7.33. The maximum Gasteiger partial charge on any atom is 0.182 e. The third-order valence-corrected chi connectivity index (χ3v) is 3.58. The van der Waals surface area contributed by atoms with Crippen molar-refractivity contribution in [3.63, 3.8) is 0 Å². The van der Waals surface area contributed by atoms with E-state index < -0.39 is 5.82 Å². The standard InChI is InChI=1S/C14H9ClF2N2S/c1-7-2-8(16)4-9(3-7)19-13-5-10(15)11(17)6-12(13)18-14(19)20/h2-6H,1H3,(H,18,20). The molecule has 3 aromatic rings. The lowest BCUT2D eigenvalue weighted by Gasteiger charge is -2.06. The van der Waals surface area contributed by atoms with Crippen LogP contribution in [0.25, 0.3) is 16.7 Å². The summed E-state index contributed by atoms with van der Waals surface area (Å²) in [5.41, 5.74) is 2.45. The maximum atomic E-state index is 13.6. The molecular formula is C14H9ClF2N2S. The summed E-state index contributed by atoms with van der Waals surface area (Å²) in [4.78, 5) is 2.89. The number of benzene rings is 2. The molecule has 0 bridgehead atoms. The van der Waals surface area contributed by atoms with Crippen molar-refractivity contribution >= 4 is 34.9 Å². The van der Waals surface area contributed by atoms with Gasteiger partial charge in [0.2, 0.25) is 0 Å². The largest absolute Gasteiger partial charge is 0.330 e. The van der Waals surface area contributed by atoms with Gasteiger partial charge in [-0.3, -0.25) is 4.57 Å². The summed E-state index contributed by atoms with van der Waals surface area (Å²) in [5, 5.41) is -0.00613. The van der Waals surface area contributed by atoms with Gasteiger partial charge in [-0.15, -0.1) is 0 Å². The minimum absolute atomic E-state index is 0.00613. The highest BCUT2D eigenvalue weighted by atomic mass is 35.5. The number of hydrogen-bond donors (Lipinski definition) is 1. The first-order valence-electron chi connectivity index (χ1n) is 5.83. The van der Waals surface area contributed by atoms with Crippen LogP contribution in [0.4, 0.5) is 8.78 Å². The summed E-state index contributed by atoms with van der Waals surface area (Å²) < 4.78 is 29.0. The predicted octanol–water partition coefficient (Wildman–Crippen LogP) is 4.93. The molecule has 0 aliphatic rings. The van der Waals surface area contributed by atoms with Gasteiger partial charge in [-0.2, -0.15) is 0 Å². The minimum Gasteiger partial charge on any atom is -0.330 e. The van der Waals surface area contributed by atoms with Crippen LogP contribution in [0, 0.1) is 23.3 Å². The lowest BCUT2D eigenvalue weighted by atomic mass is 10.2. The molecule has 0 radical (unpaired) electrons. The van der Waals surface area contributed by atoms with Gasteiger partial charge in [0.25, 0.3) is 0 Å². The summed E-state index contributed by atoms with van der Waals surface area (Å²) in [6.45, 7) is 1.79. The van der Waals surface area contributed by atoms with Crippen molar-refractivity contribution in [2.45, 2.75) is 6.92 Å². The Bertz CT molecular complexity index is 862. The number of H-pyrrole nitrogens is 1. The zero-order chi connectivity index (χ0) is 14.4. The molecule has 20 heavy (non-hydrogen) atoms. The van der Waals surface area contributed by atoms with Crippen LogP contribution in [0.1, 0.15) is 5.56 Å². The number of aromatic amines is 1.